The van der Waals surface area contributed by atoms with Crippen LogP contribution in [0, 0.1) is 13.8 Å². The van der Waals surface area contributed by atoms with Gasteiger partial charge in [-0.05, 0) is 66.0 Å². The number of nitrogens with zero attached hydrogens (tertiary/aromatic N) is 2. The second-order valence-corrected chi connectivity index (χ2v) is 10.1. The lowest BCUT2D eigenvalue weighted by Gasteiger charge is -2.17. The largest absolute Gasteiger partial charge is 0.475 e. The number of hydrogen-bond acceptors (Lipinski definition) is 6. The summed E-state index contributed by atoms with van der Waals surface area (Å²) >= 11 is 3.53. The van der Waals surface area contributed by atoms with E-state index in [9.17, 15) is 13.2 Å². The van der Waals surface area contributed by atoms with E-state index in [0.717, 1.165) is 16.7 Å². The average Bonchev–Trinajstić information content (AvgIpc) is 2.74. The van der Waals surface area contributed by atoms with E-state index >= 15 is 0 Å². The van der Waals surface area contributed by atoms with E-state index in [1.807, 2.05) is 32.0 Å². The zero-order valence-corrected chi connectivity index (χ0v) is 20.0. The molecule has 0 saturated heterocycles. The molecule has 0 saturated carbocycles. The molecular weight excluding hydrogens is 496 g/mol. The number of benzene rings is 2. The Morgan fingerprint density at radius 1 is 1.09 bits per heavy atom. The zero-order valence-electron chi connectivity index (χ0n) is 17.6. The van der Waals surface area contributed by atoms with Crippen molar-refractivity contribution < 1.29 is 17.9 Å². The summed E-state index contributed by atoms with van der Waals surface area (Å²) in [4.78, 5) is 21.3. The molecule has 1 aliphatic rings. The number of carbonyl (C=O) groups is 1. The quantitative estimate of drug-likeness (QED) is 0.508. The van der Waals surface area contributed by atoms with Crippen LogP contribution < -0.4 is 14.8 Å². The number of fused-ring (bicyclic) bond motifs is 4. The molecule has 4 bridgehead atoms. The molecular formula is C22H21BrN4O4S. The maximum atomic E-state index is 13.0. The molecule has 0 aliphatic carbocycles. The molecule has 32 heavy (non-hydrogen) atoms. The summed E-state index contributed by atoms with van der Waals surface area (Å²) in [5.74, 6) is -0.356. The second kappa shape index (κ2) is 8.51. The Hall–Kier alpha value is -2.98. The number of rotatable bonds is 1. The molecule has 166 valence electrons. The van der Waals surface area contributed by atoms with E-state index < -0.39 is 15.9 Å². The van der Waals surface area contributed by atoms with Gasteiger partial charge in [-0.3, -0.25) is 4.79 Å². The highest BCUT2D eigenvalue weighted by atomic mass is 79.9. The van der Waals surface area contributed by atoms with Gasteiger partial charge in [-0.15, -0.1) is 0 Å². The van der Waals surface area contributed by atoms with Gasteiger partial charge in [-0.1, -0.05) is 24.3 Å². The number of nitrogens with one attached hydrogen (secondary N) is 2. The molecule has 0 spiro atoms. The number of aromatic nitrogens is 2. The lowest BCUT2D eigenvalue weighted by atomic mass is 10.00. The lowest BCUT2D eigenvalue weighted by Crippen LogP contribution is -2.36. The van der Waals surface area contributed by atoms with Gasteiger partial charge < -0.3 is 10.1 Å². The van der Waals surface area contributed by atoms with E-state index in [4.69, 9.17) is 4.74 Å². The van der Waals surface area contributed by atoms with Crippen molar-refractivity contribution in [3.05, 3.63) is 63.6 Å². The smallest absolute Gasteiger partial charge is 0.264 e. The number of anilines is 1. The highest BCUT2D eigenvalue weighted by Gasteiger charge is 2.24. The van der Waals surface area contributed by atoms with Crippen LogP contribution in [0.1, 0.15) is 28.4 Å². The summed E-state index contributed by atoms with van der Waals surface area (Å²) in [5.41, 5.74) is 3.51. The van der Waals surface area contributed by atoms with Crippen molar-refractivity contribution in [1.29, 1.82) is 0 Å². The fraction of sp³-hybridized carbons (Fsp3) is 0.227. The van der Waals surface area contributed by atoms with Gasteiger partial charge in [0.25, 0.3) is 15.9 Å². The maximum absolute atomic E-state index is 13.0. The van der Waals surface area contributed by atoms with Crippen molar-refractivity contribution in [2.45, 2.75) is 31.7 Å². The van der Waals surface area contributed by atoms with Crippen molar-refractivity contribution in [3.8, 4) is 17.1 Å². The van der Waals surface area contributed by atoms with Crippen LogP contribution in [0.15, 0.2) is 51.8 Å². The second-order valence-electron chi connectivity index (χ2n) is 7.60. The predicted molar refractivity (Wildman–Crippen MR) is 124 cm³/mol. The third-order valence-corrected chi connectivity index (χ3v) is 7.06. The standard InChI is InChI=1S/C22H21BrN4O4S/c1-12-6-4-7-13(2)17(12)19-18(23)21-26-22(25-19)27-32(29,30)16-9-5-8-15(10-16)20(28)24-14(3)11-31-21/h4-10,14H,11H2,1-3H3,(H,24,28)(H,25,26,27)/t14-/m1/s1. The molecule has 2 heterocycles. The van der Waals surface area contributed by atoms with Crippen LogP contribution in [0.2, 0.25) is 0 Å². The summed E-state index contributed by atoms with van der Waals surface area (Å²) in [6, 6.07) is 11.3. The molecule has 1 aliphatic heterocycles. The van der Waals surface area contributed by atoms with E-state index in [-0.39, 0.29) is 34.9 Å². The Kier molecular flexibility index (Phi) is 5.91. The third kappa shape index (κ3) is 4.33. The van der Waals surface area contributed by atoms with Crippen LogP contribution >= 0.6 is 15.9 Å². The van der Waals surface area contributed by atoms with E-state index in [0.29, 0.717) is 10.2 Å². The van der Waals surface area contributed by atoms with Crippen molar-refractivity contribution in [2.75, 3.05) is 11.3 Å². The summed E-state index contributed by atoms with van der Waals surface area (Å²) in [6.45, 7) is 5.82. The van der Waals surface area contributed by atoms with Crippen molar-refractivity contribution in [3.63, 3.8) is 0 Å². The highest BCUT2D eigenvalue weighted by molar-refractivity contribution is 9.10. The summed E-state index contributed by atoms with van der Waals surface area (Å²) in [6.07, 6.45) is 0. The minimum absolute atomic E-state index is 0.0698. The van der Waals surface area contributed by atoms with Crippen molar-refractivity contribution in [1.82, 2.24) is 15.3 Å². The monoisotopic (exact) mass is 516 g/mol. The Morgan fingerprint density at radius 2 is 1.78 bits per heavy atom. The number of amides is 1. The number of carbonyl (C=O) groups excluding carboxylic acids is 1. The van der Waals surface area contributed by atoms with Gasteiger partial charge in [0.15, 0.2) is 0 Å². The third-order valence-electron chi connectivity index (χ3n) is 5.02. The summed E-state index contributed by atoms with van der Waals surface area (Å²) in [7, 11) is -4.05. The minimum Gasteiger partial charge on any atom is -0.475 e. The van der Waals surface area contributed by atoms with Gasteiger partial charge in [0.1, 0.15) is 11.1 Å². The normalized spacial score (nSPS) is 17.6. The highest BCUT2D eigenvalue weighted by Crippen LogP contribution is 2.37. The van der Waals surface area contributed by atoms with E-state index in [2.05, 4.69) is 35.9 Å². The van der Waals surface area contributed by atoms with E-state index in [1.54, 1.807) is 13.0 Å². The van der Waals surface area contributed by atoms with Gasteiger partial charge in [-0.25, -0.2) is 18.1 Å². The molecule has 4 rings (SSSR count). The van der Waals surface area contributed by atoms with Crippen molar-refractivity contribution >= 4 is 37.8 Å². The first-order valence-corrected chi connectivity index (χ1v) is 12.1. The van der Waals surface area contributed by atoms with E-state index in [1.165, 1.54) is 18.2 Å². The van der Waals surface area contributed by atoms with Crippen LogP contribution in [0.5, 0.6) is 5.88 Å². The van der Waals surface area contributed by atoms with Gasteiger partial charge in [-0.2, -0.15) is 4.98 Å². The molecule has 2 aromatic carbocycles. The molecule has 2 N–H and O–H groups in total. The summed E-state index contributed by atoms with van der Waals surface area (Å²) < 4.78 is 34.9. The summed E-state index contributed by atoms with van der Waals surface area (Å²) in [5, 5.41) is 2.81. The molecule has 0 unspecified atom stereocenters. The van der Waals surface area contributed by atoms with Crippen LogP contribution in [-0.4, -0.2) is 36.9 Å². The zero-order chi connectivity index (χ0) is 23.0. The molecule has 0 fully saturated rings. The molecule has 0 radical (unpaired) electrons. The molecule has 8 nitrogen and oxygen atoms in total. The topological polar surface area (TPSA) is 110 Å². The van der Waals surface area contributed by atoms with Gasteiger partial charge in [0.2, 0.25) is 11.8 Å². The molecule has 3 aromatic rings. The van der Waals surface area contributed by atoms with Crippen LogP contribution in [-0.2, 0) is 10.0 Å². The maximum Gasteiger partial charge on any atom is 0.264 e. The van der Waals surface area contributed by atoms with Crippen LogP contribution in [0.25, 0.3) is 11.3 Å². The van der Waals surface area contributed by atoms with Gasteiger partial charge in [0.05, 0.1) is 16.6 Å². The van der Waals surface area contributed by atoms with Gasteiger partial charge >= 0.3 is 0 Å². The number of ether oxygens (including phenoxy) is 1. The lowest BCUT2D eigenvalue weighted by molar-refractivity contribution is 0.0925. The average molecular weight is 517 g/mol. The van der Waals surface area contributed by atoms with Gasteiger partial charge in [0, 0.05) is 11.1 Å². The molecule has 1 atom stereocenters. The molecule has 1 aromatic heterocycles. The number of hydrogen-bond donors (Lipinski definition) is 2. The first kappa shape index (κ1) is 22.2. The minimum atomic E-state index is -4.05. The Labute approximate surface area is 194 Å². The first-order chi connectivity index (χ1) is 15.2. The molecule has 10 heteroatoms. The Bertz CT molecular complexity index is 1310. The van der Waals surface area contributed by atoms with Crippen LogP contribution in [0.4, 0.5) is 5.95 Å². The SMILES string of the molecule is Cc1cccc(C)c1-c1nc2nc(c1Br)OC[C@@H](C)NC(=O)c1cccc(c1)S(=O)(=O)N2. The number of sulfonamides is 1. The predicted octanol–water partition coefficient (Wildman–Crippen LogP) is 3.83. The van der Waals surface area contributed by atoms with Crippen LogP contribution in [0.3, 0.4) is 0 Å². The first-order valence-electron chi connectivity index (χ1n) is 9.86. The fourth-order valence-corrected chi connectivity index (χ4v) is 4.94. The Morgan fingerprint density at radius 3 is 2.50 bits per heavy atom. The Balaban J connectivity index is 1.92. The number of aryl methyl sites for hydroxylation is 2. The number of halogens is 1. The van der Waals surface area contributed by atoms with Crippen molar-refractivity contribution in [2.24, 2.45) is 0 Å². The fourth-order valence-electron chi connectivity index (χ4n) is 3.46. The molecule has 1 amide bonds.